The first-order valence-electron chi connectivity index (χ1n) is 9.80. The SMILES string of the molecule is CC(C)(C)OC(=O)N1C2CCC1CC(C(=O)Cc1cccc(OC(F)(F)F)c1)C2. The van der Waals surface area contributed by atoms with Gasteiger partial charge >= 0.3 is 12.5 Å². The van der Waals surface area contributed by atoms with Crippen molar-refractivity contribution in [2.45, 2.75) is 76.9 Å². The maximum absolute atomic E-state index is 12.8. The van der Waals surface area contributed by atoms with E-state index in [1.807, 2.05) is 20.8 Å². The van der Waals surface area contributed by atoms with Crippen molar-refractivity contribution in [1.29, 1.82) is 0 Å². The van der Waals surface area contributed by atoms with Crippen molar-refractivity contribution in [3.05, 3.63) is 29.8 Å². The molecular weight excluding hydrogens is 387 g/mol. The normalized spacial score (nSPS) is 24.3. The lowest BCUT2D eigenvalue weighted by atomic mass is 9.85. The number of piperidine rings is 1. The molecule has 2 bridgehead atoms. The Bertz CT molecular complexity index is 758. The average molecular weight is 413 g/mol. The molecule has 160 valence electrons. The molecule has 2 aliphatic rings. The summed E-state index contributed by atoms with van der Waals surface area (Å²) in [7, 11) is 0. The molecule has 5 nitrogen and oxygen atoms in total. The lowest BCUT2D eigenvalue weighted by molar-refractivity contribution is -0.274. The fourth-order valence-corrected chi connectivity index (χ4v) is 4.25. The molecule has 2 aliphatic heterocycles. The van der Waals surface area contributed by atoms with Crippen molar-refractivity contribution in [3.8, 4) is 5.75 Å². The van der Waals surface area contributed by atoms with Gasteiger partial charge < -0.3 is 14.4 Å². The minimum absolute atomic E-state index is 0.0186. The largest absolute Gasteiger partial charge is 0.573 e. The van der Waals surface area contributed by atoms with Crippen molar-refractivity contribution in [2.75, 3.05) is 0 Å². The Kier molecular flexibility index (Phi) is 5.83. The first-order valence-corrected chi connectivity index (χ1v) is 9.80. The minimum atomic E-state index is -4.77. The Balaban J connectivity index is 1.62. The number of fused-ring (bicyclic) bond motifs is 2. The van der Waals surface area contributed by atoms with E-state index in [9.17, 15) is 22.8 Å². The summed E-state index contributed by atoms with van der Waals surface area (Å²) >= 11 is 0. The third-order valence-corrected chi connectivity index (χ3v) is 5.30. The summed E-state index contributed by atoms with van der Waals surface area (Å²) in [4.78, 5) is 27.1. The van der Waals surface area contributed by atoms with E-state index in [4.69, 9.17) is 4.74 Å². The van der Waals surface area contributed by atoms with Crippen LogP contribution in [0.1, 0.15) is 52.0 Å². The van der Waals surface area contributed by atoms with Gasteiger partial charge in [0.1, 0.15) is 17.1 Å². The number of hydrogen-bond acceptors (Lipinski definition) is 4. The zero-order valence-corrected chi connectivity index (χ0v) is 16.8. The van der Waals surface area contributed by atoms with E-state index in [1.165, 1.54) is 18.2 Å². The van der Waals surface area contributed by atoms with E-state index >= 15 is 0 Å². The number of nitrogens with zero attached hydrogens (tertiary/aromatic N) is 1. The molecule has 0 saturated carbocycles. The molecule has 29 heavy (non-hydrogen) atoms. The number of halogens is 3. The second-order valence-electron chi connectivity index (χ2n) is 8.78. The van der Waals surface area contributed by atoms with Gasteiger partial charge in [-0.1, -0.05) is 12.1 Å². The molecule has 2 heterocycles. The Morgan fingerprint density at radius 3 is 2.28 bits per heavy atom. The number of benzene rings is 1. The van der Waals surface area contributed by atoms with Crippen molar-refractivity contribution in [2.24, 2.45) is 5.92 Å². The van der Waals surface area contributed by atoms with Gasteiger partial charge in [-0.15, -0.1) is 13.2 Å². The number of alkyl halides is 3. The molecule has 2 unspecified atom stereocenters. The number of rotatable bonds is 4. The Labute approximate surface area is 168 Å². The molecule has 8 heteroatoms. The predicted molar refractivity (Wildman–Crippen MR) is 99.4 cm³/mol. The predicted octanol–water partition coefficient (Wildman–Crippen LogP) is 4.87. The van der Waals surface area contributed by atoms with Gasteiger partial charge in [0.2, 0.25) is 0 Å². The van der Waals surface area contributed by atoms with Crippen LogP contribution >= 0.6 is 0 Å². The second kappa shape index (κ2) is 7.88. The number of ether oxygens (including phenoxy) is 2. The van der Waals surface area contributed by atoms with Crippen LogP contribution in [0, 0.1) is 5.92 Å². The third kappa shape index (κ3) is 5.64. The molecule has 0 spiro atoms. The van der Waals surface area contributed by atoms with E-state index in [2.05, 4.69) is 4.74 Å². The molecule has 0 radical (unpaired) electrons. The first kappa shape index (κ1) is 21.5. The minimum Gasteiger partial charge on any atom is -0.444 e. The van der Waals surface area contributed by atoms with Crippen LogP contribution in [0.2, 0.25) is 0 Å². The summed E-state index contributed by atoms with van der Waals surface area (Å²) in [5.74, 6) is -0.559. The smallest absolute Gasteiger partial charge is 0.444 e. The number of carbonyl (C=O) groups excluding carboxylic acids is 2. The summed E-state index contributed by atoms with van der Waals surface area (Å²) in [6, 6.07) is 5.45. The molecule has 0 N–H and O–H groups in total. The third-order valence-electron chi connectivity index (χ3n) is 5.30. The molecule has 0 aromatic heterocycles. The van der Waals surface area contributed by atoms with Crippen LogP contribution in [-0.2, 0) is 16.0 Å². The fourth-order valence-electron chi connectivity index (χ4n) is 4.25. The van der Waals surface area contributed by atoms with Crippen molar-refractivity contribution in [1.82, 2.24) is 4.90 Å². The average Bonchev–Trinajstić information content (AvgIpc) is 2.82. The van der Waals surface area contributed by atoms with Crippen LogP contribution in [0.4, 0.5) is 18.0 Å². The van der Waals surface area contributed by atoms with Crippen molar-refractivity contribution >= 4 is 11.9 Å². The van der Waals surface area contributed by atoms with Crippen LogP contribution in [0.5, 0.6) is 5.75 Å². The lowest BCUT2D eigenvalue weighted by Crippen LogP contribution is -2.49. The highest BCUT2D eigenvalue weighted by atomic mass is 19.4. The van der Waals surface area contributed by atoms with Crippen LogP contribution in [0.3, 0.4) is 0 Å². The molecule has 1 aromatic rings. The van der Waals surface area contributed by atoms with Gasteiger partial charge in [-0.05, 0) is 64.2 Å². The van der Waals surface area contributed by atoms with E-state index in [0.717, 1.165) is 12.8 Å². The number of ketones is 1. The van der Waals surface area contributed by atoms with E-state index in [1.54, 1.807) is 11.0 Å². The highest BCUT2D eigenvalue weighted by Gasteiger charge is 2.46. The van der Waals surface area contributed by atoms with Gasteiger partial charge in [0.25, 0.3) is 0 Å². The standard InChI is InChI=1S/C21H26F3NO4/c1-20(2,3)29-19(27)25-15-7-8-16(25)12-14(11-15)18(26)10-13-5-4-6-17(9-13)28-21(22,23)24/h4-6,9,14-16H,7-8,10-12H2,1-3H3. The van der Waals surface area contributed by atoms with Crippen LogP contribution in [0.15, 0.2) is 24.3 Å². The Morgan fingerprint density at radius 1 is 1.10 bits per heavy atom. The topological polar surface area (TPSA) is 55.8 Å². The van der Waals surface area contributed by atoms with Gasteiger partial charge in [-0.2, -0.15) is 0 Å². The van der Waals surface area contributed by atoms with E-state index in [0.29, 0.717) is 18.4 Å². The molecule has 1 aromatic carbocycles. The zero-order chi connectivity index (χ0) is 21.4. The van der Waals surface area contributed by atoms with Gasteiger partial charge in [-0.3, -0.25) is 4.79 Å². The highest BCUT2D eigenvalue weighted by Crippen LogP contribution is 2.40. The Morgan fingerprint density at radius 2 is 1.72 bits per heavy atom. The maximum atomic E-state index is 12.8. The molecule has 2 fully saturated rings. The number of amides is 1. The number of carbonyl (C=O) groups is 2. The first-order chi connectivity index (χ1) is 13.4. The van der Waals surface area contributed by atoms with Crippen LogP contribution in [0.25, 0.3) is 0 Å². The monoisotopic (exact) mass is 413 g/mol. The summed E-state index contributed by atoms with van der Waals surface area (Å²) in [5, 5.41) is 0. The summed E-state index contributed by atoms with van der Waals surface area (Å²) < 4.78 is 46.6. The fraction of sp³-hybridized carbons (Fsp3) is 0.619. The molecule has 2 atom stereocenters. The van der Waals surface area contributed by atoms with Crippen molar-refractivity contribution < 1.29 is 32.2 Å². The molecule has 1 amide bonds. The van der Waals surface area contributed by atoms with E-state index in [-0.39, 0.29) is 42.0 Å². The van der Waals surface area contributed by atoms with Gasteiger partial charge in [0.15, 0.2) is 0 Å². The lowest BCUT2D eigenvalue weighted by Gasteiger charge is -2.39. The molecule has 3 rings (SSSR count). The highest BCUT2D eigenvalue weighted by molar-refractivity contribution is 5.84. The molecular formula is C21H26F3NO4. The summed E-state index contributed by atoms with van der Waals surface area (Å²) in [6.07, 6.45) is -2.26. The van der Waals surface area contributed by atoms with E-state index < -0.39 is 12.0 Å². The number of hydrogen-bond donors (Lipinski definition) is 0. The quantitative estimate of drug-likeness (QED) is 0.706. The second-order valence-corrected chi connectivity index (χ2v) is 8.78. The molecule has 2 saturated heterocycles. The summed E-state index contributed by atoms with van der Waals surface area (Å²) in [6.45, 7) is 5.46. The van der Waals surface area contributed by atoms with Gasteiger partial charge in [-0.25, -0.2) is 4.79 Å². The maximum Gasteiger partial charge on any atom is 0.573 e. The Hall–Kier alpha value is -2.25. The van der Waals surface area contributed by atoms with Gasteiger partial charge in [0, 0.05) is 24.4 Å². The van der Waals surface area contributed by atoms with Crippen LogP contribution in [-0.4, -0.2) is 40.8 Å². The van der Waals surface area contributed by atoms with Crippen LogP contribution < -0.4 is 4.74 Å². The zero-order valence-electron chi connectivity index (χ0n) is 16.8. The molecule has 0 aliphatic carbocycles. The van der Waals surface area contributed by atoms with Gasteiger partial charge in [0.05, 0.1) is 0 Å². The number of Topliss-reactive ketones (excluding diaryl/α,β-unsaturated/α-hetero) is 1. The summed E-state index contributed by atoms with van der Waals surface area (Å²) in [5.41, 5.74) is -0.0918. The van der Waals surface area contributed by atoms with Crippen molar-refractivity contribution in [3.63, 3.8) is 0 Å².